The fourth-order valence-electron chi connectivity index (χ4n) is 3.08. The number of hydrogen-bond acceptors (Lipinski definition) is 3. The van der Waals surface area contributed by atoms with Gasteiger partial charge in [0, 0.05) is 42.6 Å². The lowest BCUT2D eigenvalue weighted by Crippen LogP contribution is -2.48. The third-order valence-corrected chi connectivity index (χ3v) is 4.85. The molecule has 0 radical (unpaired) electrons. The van der Waals surface area contributed by atoms with E-state index in [-0.39, 0.29) is 5.91 Å². The number of carbonyl (C=O) groups excluding carboxylic acids is 1. The van der Waals surface area contributed by atoms with Gasteiger partial charge in [-0.3, -0.25) is 9.69 Å². The van der Waals surface area contributed by atoms with Crippen LogP contribution in [0.4, 0.5) is 11.4 Å². The Bertz CT molecular complexity index is 737. The van der Waals surface area contributed by atoms with Gasteiger partial charge in [-0.05, 0) is 55.3 Å². The van der Waals surface area contributed by atoms with E-state index < -0.39 is 0 Å². The van der Waals surface area contributed by atoms with Crippen LogP contribution in [-0.4, -0.2) is 43.5 Å². The van der Waals surface area contributed by atoms with Gasteiger partial charge in [-0.2, -0.15) is 0 Å². The maximum atomic E-state index is 12.4. The number of anilines is 2. The van der Waals surface area contributed by atoms with Crippen molar-refractivity contribution in [1.82, 2.24) is 4.90 Å². The molecule has 1 N–H and O–H groups in total. The number of nitrogens with zero attached hydrogens (tertiary/aromatic N) is 2. The van der Waals surface area contributed by atoms with E-state index in [0.717, 1.165) is 48.0 Å². The van der Waals surface area contributed by atoms with E-state index >= 15 is 0 Å². The molecule has 1 aliphatic heterocycles. The highest BCUT2D eigenvalue weighted by Crippen LogP contribution is 2.20. The minimum absolute atomic E-state index is 0.0497. The highest BCUT2D eigenvalue weighted by Gasteiger charge is 2.19. The molecule has 1 aliphatic rings. The Morgan fingerprint density at radius 2 is 1.72 bits per heavy atom. The van der Waals surface area contributed by atoms with Crippen LogP contribution in [0.15, 0.2) is 42.5 Å². The van der Waals surface area contributed by atoms with E-state index in [2.05, 4.69) is 21.2 Å². The number of hydrogen-bond donors (Lipinski definition) is 1. The number of nitrogens with one attached hydrogen (secondary N) is 1. The van der Waals surface area contributed by atoms with Crippen LogP contribution < -0.4 is 10.2 Å². The van der Waals surface area contributed by atoms with Crippen LogP contribution in [0.3, 0.4) is 0 Å². The fourth-order valence-corrected chi connectivity index (χ4v) is 3.21. The maximum absolute atomic E-state index is 12.4. The number of halogens is 1. The number of rotatable bonds is 4. The molecule has 0 atom stereocenters. The van der Waals surface area contributed by atoms with Crippen molar-refractivity contribution in [3.8, 4) is 0 Å². The Balaban J connectivity index is 1.51. The zero-order chi connectivity index (χ0) is 17.8. The first-order valence-electron chi connectivity index (χ1n) is 8.61. The highest BCUT2D eigenvalue weighted by molar-refractivity contribution is 6.30. The average Bonchev–Trinajstić information content (AvgIpc) is 2.59. The summed E-state index contributed by atoms with van der Waals surface area (Å²) >= 11 is 5.95. The van der Waals surface area contributed by atoms with Crippen LogP contribution in [0.1, 0.15) is 11.1 Å². The molecule has 132 valence electrons. The molecule has 2 aromatic rings. The Labute approximate surface area is 154 Å². The van der Waals surface area contributed by atoms with Gasteiger partial charge in [0.2, 0.25) is 5.91 Å². The summed E-state index contributed by atoms with van der Waals surface area (Å²) in [5.41, 5.74) is 4.33. The third-order valence-electron chi connectivity index (χ3n) is 4.60. The van der Waals surface area contributed by atoms with Crippen molar-refractivity contribution >= 4 is 28.9 Å². The molecule has 0 bridgehead atoms. The monoisotopic (exact) mass is 357 g/mol. The standard InChI is InChI=1S/C20H24ClN3O/c1-15-3-4-16(2)19(13-15)22-20(25)14-23-9-11-24(12-10-23)18-7-5-17(21)6-8-18/h3-8,13H,9-12,14H2,1-2H3,(H,22,25). The third kappa shape index (κ3) is 4.74. The number of benzene rings is 2. The summed E-state index contributed by atoms with van der Waals surface area (Å²) in [7, 11) is 0. The van der Waals surface area contributed by atoms with E-state index in [9.17, 15) is 4.79 Å². The zero-order valence-electron chi connectivity index (χ0n) is 14.8. The lowest BCUT2D eigenvalue weighted by atomic mass is 10.1. The van der Waals surface area contributed by atoms with Crippen molar-refractivity contribution in [2.24, 2.45) is 0 Å². The van der Waals surface area contributed by atoms with Gasteiger partial charge in [-0.25, -0.2) is 0 Å². The number of piperazine rings is 1. The van der Waals surface area contributed by atoms with E-state index in [0.29, 0.717) is 6.54 Å². The van der Waals surface area contributed by atoms with Gasteiger partial charge in [-0.15, -0.1) is 0 Å². The van der Waals surface area contributed by atoms with Crippen LogP contribution in [0.2, 0.25) is 5.02 Å². The van der Waals surface area contributed by atoms with Crippen molar-refractivity contribution < 1.29 is 4.79 Å². The second kappa shape index (κ2) is 7.89. The van der Waals surface area contributed by atoms with Crippen molar-refractivity contribution in [2.75, 3.05) is 42.9 Å². The Morgan fingerprint density at radius 3 is 2.40 bits per heavy atom. The Hall–Kier alpha value is -2.04. The molecule has 0 saturated carbocycles. The maximum Gasteiger partial charge on any atom is 0.238 e. The van der Waals surface area contributed by atoms with Crippen molar-refractivity contribution in [1.29, 1.82) is 0 Å². The Morgan fingerprint density at radius 1 is 1.04 bits per heavy atom. The topological polar surface area (TPSA) is 35.6 Å². The lowest BCUT2D eigenvalue weighted by molar-refractivity contribution is -0.117. The summed E-state index contributed by atoms with van der Waals surface area (Å²) < 4.78 is 0. The summed E-state index contributed by atoms with van der Waals surface area (Å²) in [4.78, 5) is 16.9. The van der Waals surface area contributed by atoms with E-state index in [1.54, 1.807) is 0 Å². The molecule has 1 heterocycles. The van der Waals surface area contributed by atoms with Gasteiger partial charge >= 0.3 is 0 Å². The van der Waals surface area contributed by atoms with Crippen molar-refractivity contribution in [3.05, 3.63) is 58.6 Å². The van der Waals surface area contributed by atoms with Gasteiger partial charge in [0.25, 0.3) is 0 Å². The average molecular weight is 358 g/mol. The summed E-state index contributed by atoms with van der Waals surface area (Å²) in [5, 5.41) is 3.79. The molecule has 1 fully saturated rings. The first-order chi connectivity index (χ1) is 12.0. The molecule has 0 aliphatic carbocycles. The first kappa shape index (κ1) is 17.8. The van der Waals surface area contributed by atoms with Gasteiger partial charge in [-0.1, -0.05) is 23.7 Å². The molecular formula is C20H24ClN3O. The Kier molecular flexibility index (Phi) is 5.61. The van der Waals surface area contributed by atoms with Crippen LogP contribution in [0, 0.1) is 13.8 Å². The zero-order valence-corrected chi connectivity index (χ0v) is 15.5. The van der Waals surface area contributed by atoms with Crippen LogP contribution in [-0.2, 0) is 4.79 Å². The van der Waals surface area contributed by atoms with Crippen LogP contribution in [0.25, 0.3) is 0 Å². The number of carbonyl (C=O) groups is 1. The molecule has 4 nitrogen and oxygen atoms in total. The molecule has 3 rings (SSSR count). The molecule has 1 amide bonds. The summed E-state index contributed by atoms with van der Waals surface area (Å²) in [6, 6.07) is 14.0. The number of aryl methyl sites for hydroxylation is 2. The summed E-state index contributed by atoms with van der Waals surface area (Å²) in [5.74, 6) is 0.0497. The largest absolute Gasteiger partial charge is 0.369 e. The molecule has 1 saturated heterocycles. The summed E-state index contributed by atoms with van der Waals surface area (Å²) in [6.07, 6.45) is 0. The second-order valence-electron chi connectivity index (χ2n) is 6.61. The normalized spacial score (nSPS) is 15.2. The van der Waals surface area contributed by atoms with Crippen LogP contribution in [0.5, 0.6) is 0 Å². The minimum atomic E-state index is 0.0497. The van der Waals surface area contributed by atoms with Gasteiger partial charge < -0.3 is 10.2 Å². The van der Waals surface area contributed by atoms with Crippen molar-refractivity contribution in [3.63, 3.8) is 0 Å². The molecule has 0 aromatic heterocycles. The van der Waals surface area contributed by atoms with Crippen molar-refractivity contribution in [2.45, 2.75) is 13.8 Å². The first-order valence-corrected chi connectivity index (χ1v) is 8.99. The molecular weight excluding hydrogens is 334 g/mol. The fraction of sp³-hybridized carbons (Fsp3) is 0.350. The van der Waals surface area contributed by atoms with Gasteiger partial charge in [0.05, 0.1) is 6.54 Å². The number of amides is 1. The highest BCUT2D eigenvalue weighted by atomic mass is 35.5. The molecule has 0 spiro atoms. The molecule has 25 heavy (non-hydrogen) atoms. The quantitative estimate of drug-likeness (QED) is 0.905. The lowest BCUT2D eigenvalue weighted by Gasteiger charge is -2.35. The minimum Gasteiger partial charge on any atom is -0.369 e. The van der Waals surface area contributed by atoms with Crippen LogP contribution >= 0.6 is 11.6 Å². The van der Waals surface area contributed by atoms with E-state index in [1.165, 1.54) is 5.69 Å². The molecule has 0 unspecified atom stereocenters. The SMILES string of the molecule is Cc1ccc(C)c(NC(=O)CN2CCN(c3ccc(Cl)cc3)CC2)c1. The predicted octanol–water partition coefficient (Wildman–Crippen LogP) is 3.72. The molecule has 5 heteroatoms. The van der Waals surface area contributed by atoms with Gasteiger partial charge in [0.1, 0.15) is 0 Å². The van der Waals surface area contributed by atoms with E-state index in [4.69, 9.17) is 11.6 Å². The summed E-state index contributed by atoms with van der Waals surface area (Å²) in [6.45, 7) is 8.06. The van der Waals surface area contributed by atoms with E-state index in [1.807, 2.05) is 50.2 Å². The smallest absolute Gasteiger partial charge is 0.238 e. The predicted molar refractivity (Wildman–Crippen MR) is 105 cm³/mol. The van der Waals surface area contributed by atoms with Gasteiger partial charge in [0.15, 0.2) is 0 Å². The second-order valence-corrected chi connectivity index (χ2v) is 7.04. The molecule has 2 aromatic carbocycles.